The molecule has 4 rings (SSSR count). The van der Waals surface area contributed by atoms with Crippen LogP contribution in [-0.4, -0.2) is 21.5 Å². The second-order valence-corrected chi connectivity index (χ2v) is 8.56. The Morgan fingerprint density at radius 2 is 1.60 bits per heavy atom. The quantitative estimate of drug-likeness (QED) is 0.602. The molecule has 2 fully saturated rings. The van der Waals surface area contributed by atoms with E-state index in [1.165, 1.54) is 36.8 Å². The van der Waals surface area contributed by atoms with Gasteiger partial charge in [-0.2, -0.15) is 0 Å². The highest BCUT2D eigenvalue weighted by Crippen LogP contribution is 2.35. The fraction of sp³-hybridized carbons (Fsp3) is 0.381. The van der Waals surface area contributed by atoms with E-state index >= 15 is 0 Å². The molecule has 130 valence electrons. The first-order chi connectivity index (χ1) is 12.3. The normalized spacial score (nSPS) is 18.1. The van der Waals surface area contributed by atoms with E-state index in [0.29, 0.717) is 0 Å². The van der Waals surface area contributed by atoms with Gasteiger partial charge in [-0.15, -0.1) is 0 Å². The Kier molecular flexibility index (Phi) is 5.28. The lowest BCUT2D eigenvalue weighted by atomic mass is 9.98. The summed E-state index contributed by atoms with van der Waals surface area (Å²) in [6, 6.07) is 17.0. The highest BCUT2D eigenvalue weighted by atomic mass is 32.2. The summed E-state index contributed by atoms with van der Waals surface area (Å²) in [6.07, 6.45) is 5.41. The van der Waals surface area contributed by atoms with Crippen molar-refractivity contribution in [1.82, 2.24) is 4.90 Å². The zero-order chi connectivity index (χ0) is 17.1. The molecule has 1 heterocycles. The van der Waals surface area contributed by atoms with Gasteiger partial charge in [-0.1, -0.05) is 61.1 Å². The molecule has 2 aromatic rings. The number of hydrogen-bond acceptors (Lipinski definition) is 3. The number of benzene rings is 2. The summed E-state index contributed by atoms with van der Waals surface area (Å²) in [6.45, 7) is 1.94. The van der Waals surface area contributed by atoms with Crippen molar-refractivity contribution in [1.29, 1.82) is 0 Å². The summed E-state index contributed by atoms with van der Waals surface area (Å²) in [5.41, 5.74) is 2.73. The topological polar surface area (TPSA) is 12.5 Å². The van der Waals surface area contributed by atoms with Gasteiger partial charge in [0.1, 0.15) is 15.8 Å². The predicted octanol–water partition coefficient (Wildman–Crippen LogP) is 5.97. The highest BCUT2D eigenvalue weighted by molar-refractivity contribution is 8.23. The fourth-order valence-corrected chi connectivity index (χ4v) is 4.89. The van der Waals surface area contributed by atoms with E-state index in [9.17, 15) is 0 Å². The molecule has 25 heavy (non-hydrogen) atoms. The first kappa shape index (κ1) is 16.9. The Bertz CT molecular complexity index is 721. The molecule has 2 aliphatic rings. The van der Waals surface area contributed by atoms with Crippen LogP contribution in [0.5, 0.6) is 11.5 Å². The van der Waals surface area contributed by atoms with E-state index in [1.807, 2.05) is 12.1 Å². The van der Waals surface area contributed by atoms with Gasteiger partial charge in [0.25, 0.3) is 0 Å². The summed E-state index contributed by atoms with van der Waals surface area (Å²) in [5, 5.41) is 0. The summed E-state index contributed by atoms with van der Waals surface area (Å²) in [5.74, 6) is 3.65. The number of rotatable bonds is 5. The Balaban J connectivity index is 1.36. The first-order valence-corrected chi connectivity index (χ1v) is 10.5. The van der Waals surface area contributed by atoms with E-state index in [1.54, 1.807) is 11.8 Å². The molecule has 0 radical (unpaired) electrons. The maximum absolute atomic E-state index is 6.00. The Morgan fingerprint density at radius 3 is 2.20 bits per heavy atom. The number of thiocarbonyl (C=S) groups is 1. The minimum absolute atomic E-state index is 0.753. The van der Waals surface area contributed by atoms with E-state index in [-0.39, 0.29) is 0 Å². The van der Waals surface area contributed by atoms with Crippen molar-refractivity contribution in [2.45, 2.75) is 38.1 Å². The first-order valence-electron chi connectivity index (χ1n) is 9.06. The van der Waals surface area contributed by atoms with Gasteiger partial charge >= 0.3 is 0 Å². The van der Waals surface area contributed by atoms with E-state index in [4.69, 9.17) is 17.0 Å². The number of nitrogens with zero attached hydrogens (tertiary/aromatic N) is 1. The molecule has 1 saturated carbocycles. The number of hydrogen-bond donors (Lipinski definition) is 0. The van der Waals surface area contributed by atoms with Crippen molar-refractivity contribution >= 4 is 28.3 Å². The number of thioether (sulfide) groups is 1. The summed E-state index contributed by atoms with van der Waals surface area (Å²) < 4.78 is 7.01. The molecule has 0 unspecified atom stereocenters. The van der Waals surface area contributed by atoms with Crippen LogP contribution in [0.15, 0.2) is 48.5 Å². The monoisotopic (exact) mass is 369 g/mol. The Labute approximate surface area is 159 Å². The second-order valence-electron chi connectivity index (χ2n) is 6.83. The van der Waals surface area contributed by atoms with Gasteiger partial charge in [-0.3, -0.25) is 0 Å². The third kappa shape index (κ3) is 4.18. The maximum Gasteiger partial charge on any atom is 0.136 e. The van der Waals surface area contributed by atoms with Crippen LogP contribution >= 0.6 is 24.0 Å². The molecule has 1 aliphatic carbocycles. The van der Waals surface area contributed by atoms with Crippen molar-refractivity contribution in [3.05, 3.63) is 59.7 Å². The minimum atomic E-state index is 0.753. The zero-order valence-corrected chi connectivity index (χ0v) is 16.0. The van der Waals surface area contributed by atoms with Crippen LogP contribution in [0.4, 0.5) is 0 Å². The van der Waals surface area contributed by atoms with Gasteiger partial charge in [-0.25, -0.2) is 0 Å². The molecule has 0 N–H and O–H groups in total. The molecule has 1 aliphatic heterocycles. The predicted molar refractivity (Wildman–Crippen MR) is 110 cm³/mol. The van der Waals surface area contributed by atoms with Crippen LogP contribution in [0.25, 0.3) is 0 Å². The molecule has 0 atom stereocenters. The van der Waals surface area contributed by atoms with Crippen LogP contribution in [0.3, 0.4) is 0 Å². The molecular weight excluding hydrogens is 346 g/mol. The molecular formula is C21H23NOS2. The van der Waals surface area contributed by atoms with Crippen molar-refractivity contribution in [2.24, 2.45) is 0 Å². The average molecular weight is 370 g/mol. The van der Waals surface area contributed by atoms with Gasteiger partial charge in [0.2, 0.25) is 0 Å². The van der Waals surface area contributed by atoms with Crippen LogP contribution < -0.4 is 4.74 Å². The molecule has 2 aromatic carbocycles. The molecule has 4 heteroatoms. The lowest BCUT2D eigenvalue weighted by Gasteiger charge is -2.17. The highest BCUT2D eigenvalue weighted by Gasteiger charge is 2.18. The molecule has 0 amide bonds. The molecule has 0 aromatic heterocycles. The van der Waals surface area contributed by atoms with Crippen LogP contribution in [0, 0.1) is 0 Å². The van der Waals surface area contributed by atoms with Gasteiger partial charge in [-0.05, 0) is 54.2 Å². The maximum atomic E-state index is 6.00. The third-order valence-electron chi connectivity index (χ3n) is 5.08. The summed E-state index contributed by atoms with van der Waals surface area (Å²) >= 11 is 7.14. The second kappa shape index (κ2) is 7.79. The van der Waals surface area contributed by atoms with Crippen LogP contribution in [-0.2, 0) is 6.54 Å². The van der Waals surface area contributed by atoms with Crippen LogP contribution in [0.1, 0.15) is 42.7 Å². The van der Waals surface area contributed by atoms with Gasteiger partial charge in [0.15, 0.2) is 0 Å². The third-order valence-corrected chi connectivity index (χ3v) is 6.59. The fourth-order valence-electron chi connectivity index (χ4n) is 3.66. The van der Waals surface area contributed by atoms with E-state index in [2.05, 4.69) is 41.3 Å². The summed E-state index contributed by atoms with van der Waals surface area (Å²) in [4.78, 5) is 2.26. The smallest absolute Gasteiger partial charge is 0.136 e. The average Bonchev–Trinajstić information content (AvgIpc) is 3.30. The Morgan fingerprint density at radius 1 is 0.960 bits per heavy atom. The standard InChI is InChI=1S/C21H23NOS2/c24-21-22(13-14-25-21)15-16-5-9-19(10-6-16)23-20-11-7-18(8-12-20)17-3-1-2-4-17/h5-12,17H,1-4,13-15H2. The van der Waals surface area contributed by atoms with E-state index in [0.717, 1.165) is 40.6 Å². The van der Waals surface area contributed by atoms with Gasteiger partial charge < -0.3 is 9.64 Å². The van der Waals surface area contributed by atoms with Crippen molar-refractivity contribution in [2.75, 3.05) is 12.3 Å². The van der Waals surface area contributed by atoms with Crippen molar-refractivity contribution < 1.29 is 4.74 Å². The van der Waals surface area contributed by atoms with Crippen molar-refractivity contribution in [3.8, 4) is 11.5 Å². The van der Waals surface area contributed by atoms with E-state index < -0.39 is 0 Å². The summed E-state index contributed by atoms with van der Waals surface area (Å²) in [7, 11) is 0. The molecule has 0 bridgehead atoms. The van der Waals surface area contributed by atoms with Gasteiger partial charge in [0, 0.05) is 18.8 Å². The largest absolute Gasteiger partial charge is 0.457 e. The van der Waals surface area contributed by atoms with Gasteiger partial charge in [0.05, 0.1) is 0 Å². The van der Waals surface area contributed by atoms with Crippen LogP contribution in [0.2, 0.25) is 0 Å². The molecule has 1 saturated heterocycles. The lowest BCUT2D eigenvalue weighted by molar-refractivity contribution is 0.461. The molecule has 2 nitrogen and oxygen atoms in total. The van der Waals surface area contributed by atoms with Crippen molar-refractivity contribution in [3.63, 3.8) is 0 Å². The lowest BCUT2D eigenvalue weighted by Crippen LogP contribution is -2.22. The minimum Gasteiger partial charge on any atom is -0.457 e. The molecule has 0 spiro atoms. The number of ether oxygens (including phenoxy) is 1. The SMILES string of the molecule is S=C1SCCN1Cc1ccc(Oc2ccc(C3CCCC3)cc2)cc1. The Hall–Kier alpha value is -1.52. The zero-order valence-electron chi connectivity index (χ0n) is 14.3.